The normalized spacial score (nSPS) is 11.3. The van der Waals surface area contributed by atoms with E-state index >= 15 is 0 Å². The van der Waals surface area contributed by atoms with Gasteiger partial charge >= 0.3 is 0 Å². The number of hydrogen-bond donors (Lipinski definition) is 2. The molecule has 124 valence electrons. The van der Waals surface area contributed by atoms with E-state index in [1.54, 1.807) is 12.1 Å². The molecule has 0 aliphatic heterocycles. The monoisotopic (exact) mass is 317 g/mol. The van der Waals surface area contributed by atoms with Crippen LogP contribution in [-0.2, 0) is 9.59 Å². The van der Waals surface area contributed by atoms with Crippen LogP contribution in [-0.4, -0.2) is 30.0 Å². The zero-order valence-electron chi connectivity index (χ0n) is 14.0. The number of hydrogen-bond acceptors (Lipinski definition) is 4. The molecule has 0 aliphatic rings. The third kappa shape index (κ3) is 5.32. The molecule has 1 aromatic carbocycles. The van der Waals surface area contributed by atoms with Crippen molar-refractivity contribution in [3.8, 4) is 0 Å². The van der Waals surface area contributed by atoms with E-state index in [9.17, 15) is 14.4 Å². The Morgan fingerprint density at radius 2 is 2.00 bits per heavy atom. The first-order valence-electron chi connectivity index (χ1n) is 7.57. The number of amides is 3. The third-order valence-electron chi connectivity index (χ3n) is 3.22. The number of nitrogens with zero attached hydrogens (tertiary/aromatic N) is 1. The minimum Gasteiger partial charge on any atom is -0.340 e. The highest BCUT2D eigenvalue weighted by molar-refractivity contribution is 6.03. The molecule has 0 saturated carbocycles. The van der Waals surface area contributed by atoms with Crippen LogP contribution in [0, 0.1) is 6.92 Å². The summed E-state index contributed by atoms with van der Waals surface area (Å²) >= 11 is 0. The molecule has 1 atom stereocenters. The molecule has 0 saturated heterocycles. The molecule has 6 heteroatoms. The summed E-state index contributed by atoms with van der Waals surface area (Å²) in [5.41, 5.74) is 2.71. The maximum atomic E-state index is 12.5. The number of carbonyl (C=O) groups is 3. The molecule has 0 aliphatic carbocycles. The van der Waals surface area contributed by atoms with Crippen molar-refractivity contribution in [1.82, 2.24) is 10.6 Å². The smallest absolute Gasteiger partial charge is 0.254 e. The molecule has 1 aromatic rings. The van der Waals surface area contributed by atoms with E-state index in [1.165, 1.54) is 0 Å². The van der Waals surface area contributed by atoms with Gasteiger partial charge in [-0.15, -0.1) is 0 Å². The van der Waals surface area contributed by atoms with Gasteiger partial charge in [-0.25, -0.2) is 0 Å². The molecule has 1 unspecified atom stereocenters. The van der Waals surface area contributed by atoms with Crippen molar-refractivity contribution in [2.24, 2.45) is 4.99 Å². The van der Waals surface area contributed by atoms with Crippen molar-refractivity contribution < 1.29 is 14.4 Å². The molecule has 3 amide bonds. The average Bonchev–Trinajstić information content (AvgIpc) is 2.48. The second kappa shape index (κ2) is 8.82. The Hall–Kier alpha value is -2.50. The van der Waals surface area contributed by atoms with Crippen LogP contribution in [0.4, 0.5) is 5.69 Å². The number of aliphatic imine (C=N–C) groups is 1. The van der Waals surface area contributed by atoms with Gasteiger partial charge in [-0.3, -0.25) is 24.7 Å². The largest absolute Gasteiger partial charge is 0.340 e. The maximum absolute atomic E-state index is 12.5. The fourth-order valence-corrected chi connectivity index (χ4v) is 2.17. The van der Waals surface area contributed by atoms with Crippen LogP contribution in [0.5, 0.6) is 0 Å². The molecular weight excluding hydrogens is 294 g/mol. The second-order valence-corrected chi connectivity index (χ2v) is 5.47. The van der Waals surface area contributed by atoms with Crippen LogP contribution in [0.1, 0.15) is 49.5 Å². The molecular formula is C17H23N3O3. The highest BCUT2D eigenvalue weighted by Gasteiger charge is 2.22. The molecule has 0 spiro atoms. The van der Waals surface area contributed by atoms with Crippen LogP contribution in [0.15, 0.2) is 23.2 Å². The molecule has 1 rings (SSSR count). The zero-order chi connectivity index (χ0) is 17.4. The summed E-state index contributed by atoms with van der Waals surface area (Å²) in [5, 5.41) is 4.76. The van der Waals surface area contributed by atoms with E-state index < -0.39 is 11.9 Å². The zero-order valence-corrected chi connectivity index (χ0v) is 14.0. The van der Waals surface area contributed by atoms with Gasteiger partial charge in [-0.05, 0) is 38.8 Å². The van der Waals surface area contributed by atoms with Crippen LogP contribution >= 0.6 is 0 Å². The van der Waals surface area contributed by atoms with E-state index in [-0.39, 0.29) is 5.91 Å². The Kier molecular flexibility index (Phi) is 7.12. The summed E-state index contributed by atoms with van der Waals surface area (Å²) in [6.45, 7) is 7.48. The summed E-state index contributed by atoms with van der Waals surface area (Å²) in [4.78, 5) is 39.2. The van der Waals surface area contributed by atoms with E-state index in [2.05, 4.69) is 15.6 Å². The van der Waals surface area contributed by atoms with E-state index in [0.717, 1.165) is 11.3 Å². The van der Waals surface area contributed by atoms with E-state index in [0.29, 0.717) is 30.5 Å². The summed E-state index contributed by atoms with van der Waals surface area (Å²) in [5.74, 6) is -0.896. The lowest BCUT2D eigenvalue weighted by Crippen LogP contribution is -2.46. The van der Waals surface area contributed by atoms with Crippen LogP contribution in [0.3, 0.4) is 0 Å². The standard InChI is InChI=1S/C17H23N3O3/c1-5-7-14(17(23)18-10-21)20-16(22)13-9-6-8-12(4)15(13)19-11(2)3/h6,8-10,14H,5,7H2,1-4H3,(H,20,22)(H,18,21,23). The van der Waals surface area contributed by atoms with Gasteiger partial charge in [0.15, 0.2) is 0 Å². The van der Waals surface area contributed by atoms with Gasteiger partial charge in [0, 0.05) is 5.71 Å². The Bertz CT molecular complexity index is 620. The molecule has 0 heterocycles. The number of benzene rings is 1. The molecule has 2 N–H and O–H groups in total. The van der Waals surface area contributed by atoms with Gasteiger partial charge in [-0.1, -0.05) is 25.5 Å². The lowest BCUT2D eigenvalue weighted by molar-refractivity contribution is -0.126. The molecule has 0 fully saturated rings. The first kappa shape index (κ1) is 18.5. The summed E-state index contributed by atoms with van der Waals surface area (Å²) in [6, 6.07) is 4.57. The quantitative estimate of drug-likeness (QED) is 0.597. The molecule has 6 nitrogen and oxygen atoms in total. The topological polar surface area (TPSA) is 87.6 Å². The SMILES string of the molecule is CCCC(NC(=O)c1cccc(C)c1N=C(C)C)C(=O)NC=O. The van der Waals surface area contributed by atoms with Gasteiger partial charge in [-0.2, -0.15) is 0 Å². The fraction of sp³-hybridized carbons (Fsp3) is 0.412. The minimum absolute atomic E-state index is 0.319. The predicted octanol–water partition coefficient (Wildman–Crippen LogP) is 2.28. The van der Waals surface area contributed by atoms with Crippen LogP contribution < -0.4 is 10.6 Å². The highest BCUT2D eigenvalue weighted by atomic mass is 16.2. The number of aryl methyl sites for hydroxylation is 1. The Labute approximate surface area is 136 Å². The average molecular weight is 317 g/mol. The number of nitrogens with one attached hydrogen (secondary N) is 2. The van der Waals surface area contributed by atoms with Gasteiger partial charge in [0.2, 0.25) is 12.3 Å². The summed E-state index contributed by atoms with van der Waals surface area (Å²) < 4.78 is 0. The van der Waals surface area contributed by atoms with E-state index in [4.69, 9.17) is 0 Å². The summed E-state index contributed by atoms with van der Waals surface area (Å²) in [7, 11) is 0. The molecule has 0 aromatic heterocycles. The van der Waals surface area contributed by atoms with Crippen molar-refractivity contribution >= 4 is 29.6 Å². The van der Waals surface area contributed by atoms with Gasteiger partial charge in [0.05, 0.1) is 11.3 Å². The number of rotatable bonds is 7. The van der Waals surface area contributed by atoms with Crippen molar-refractivity contribution in [2.45, 2.75) is 46.6 Å². The molecule has 0 bridgehead atoms. The van der Waals surface area contributed by atoms with Gasteiger partial charge in [0.1, 0.15) is 6.04 Å². The molecule has 23 heavy (non-hydrogen) atoms. The van der Waals surface area contributed by atoms with Crippen molar-refractivity contribution in [1.29, 1.82) is 0 Å². The highest BCUT2D eigenvalue weighted by Crippen LogP contribution is 2.24. The Morgan fingerprint density at radius 1 is 1.30 bits per heavy atom. The van der Waals surface area contributed by atoms with Crippen molar-refractivity contribution in [3.05, 3.63) is 29.3 Å². The van der Waals surface area contributed by atoms with Crippen molar-refractivity contribution in [3.63, 3.8) is 0 Å². The maximum Gasteiger partial charge on any atom is 0.254 e. The Balaban J connectivity index is 3.09. The van der Waals surface area contributed by atoms with E-state index in [1.807, 2.05) is 33.8 Å². The number of imide groups is 1. The van der Waals surface area contributed by atoms with Crippen molar-refractivity contribution in [2.75, 3.05) is 0 Å². The summed E-state index contributed by atoms with van der Waals surface area (Å²) in [6.07, 6.45) is 1.47. The minimum atomic E-state index is -0.752. The van der Waals surface area contributed by atoms with Gasteiger partial charge in [0.25, 0.3) is 5.91 Å². The number of carbonyl (C=O) groups excluding carboxylic acids is 3. The lowest BCUT2D eigenvalue weighted by Gasteiger charge is -2.17. The fourth-order valence-electron chi connectivity index (χ4n) is 2.17. The van der Waals surface area contributed by atoms with Crippen LogP contribution in [0.25, 0.3) is 0 Å². The molecule has 0 radical (unpaired) electrons. The third-order valence-corrected chi connectivity index (χ3v) is 3.22. The lowest BCUT2D eigenvalue weighted by atomic mass is 10.1. The van der Waals surface area contributed by atoms with Gasteiger partial charge < -0.3 is 5.32 Å². The second-order valence-electron chi connectivity index (χ2n) is 5.47. The predicted molar refractivity (Wildman–Crippen MR) is 90.0 cm³/mol. The first-order chi connectivity index (χ1) is 10.9. The van der Waals surface area contributed by atoms with Crippen LogP contribution in [0.2, 0.25) is 0 Å². The number of para-hydroxylation sites is 1. The Morgan fingerprint density at radius 3 is 2.57 bits per heavy atom. The first-order valence-corrected chi connectivity index (χ1v) is 7.57.